The molecule has 2 unspecified atom stereocenters. The second kappa shape index (κ2) is 5.86. The summed E-state index contributed by atoms with van der Waals surface area (Å²) in [6.45, 7) is 6.20. The van der Waals surface area contributed by atoms with Crippen molar-refractivity contribution < 1.29 is 24.1 Å². The monoisotopic (exact) mass is 261 g/mol. The summed E-state index contributed by atoms with van der Waals surface area (Å²) in [5.74, 6) is 0. The first kappa shape index (κ1) is 15.2. The van der Waals surface area contributed by atoms with Crippen LogP contribution in [0.2, 0.25) is 0 Å². The highest BCUT2D eigenvalue weighted by Crippen LogP contribution is 2.22. The van der Waals surface area contributed by atoms with E-state index < -0.39 is 23.3 Å². The van der Waals surface area contributed by atoms with E-state index in [1.165, 1.54) is 7.11 Å². The van der Waals surface area contributed by atoms with E-state index in [1.807, 2.05) is 0 Å². The minimum atomic E-state index is -1.11. The highest BCUT2D eigenvalue weighted by atomic mass is 16.6. The van der Waals surface area contributed by atoms with Crippen molar-refractivity contribution in [1.82, 2.24) is 5.32 Å². The molecule has 0 aliphatic carbocycles. The Balaban J connectivity index is 2.59. The molecule has 1 amide bonds. The predicted octanol–water partition coefficient (Wildman–Crippen LogP) is 0.677. The smallest absolute Gasteiger partial charge is 0.408 e. The Kier molecular flexibility index (Phi) is 4.95. The maximum absolute atomic E-state index is 11.7. The van der Waals surface area contributed by atoms with Crippen molar-refractivity contribution in [3.8, 4) is 0 Å². The van der Waals surface area contributed by atoms with Gasteiger partial charge in [0, 0.05) is 20.1 Å². The summed E-state index contributed by atoms with van der Waals surface area (Å²) < 4.78 is 15.4. The van der Waals surface area contributed by atoms with Gasteiger partial charge in [-0.25, -0.2) is 4.79 Å². The molecule has 1 fully saturated rings. The summed E-state index contributed by atoms with van der Waals surface area (Å²) in [6, 6.07) is -0.527. The van der Waals surface area contributed by atoms with E-state index >= 15 is 0 Å². The average molecular weight is 261 g/mol. The number of amides is 1. The number of carbonyl (C=O) groups excluding carboxylic acids is 1. The van der Waals surface area contributed by atoms with Crippen LogP contribution in [-0.4, -0.2) is 55.4 Å². The molecule has 2 atom stereocenters. The lowest BCUT2D eigenvalue weighted by Gasteiger charge is -2.39. The summed E-state index contributed by atoms with van der Waals surface area (Å²) in [5, 5.41) is 13.0. The zero-order valence-electron chi connectivity index (χ0n) is 11.5. The molecule has 2 N–H and O–H groups in total. The number of hydrogen-bond acceptors (Lipinski definition) is 5. The zero-order chi connectivity index (χ0) is 13.8. The van der Waals surface area contributed by atoms with E-state index in [9.17, 15) is 9.90 Å². The predicted molar refractivity (Wildman–Crippen MR) is 65.4 cm³/mol. The quantitative estimate of drug-likeness (QED) is 0.781. The Hall–Kier alpha value is -0.850. The van der Waals surface area contributed by atoms with E-state index in [-0.39, 0.29) is 13.2 Å². The SMILES string of the molecule is COCC1(O)CCOCC1NC(=O)OC(C)(C)C. The van der Waals surface area contributed by atoms with Crippen molar-refractivity contribution >= 4 is 6.09 Å². The second-order valence-electron chi connectivity index (χ2n) is 5.56. The molecule has 1 saturated heterocycles. The molecule has 6 nitrogen and oxygen atoms in total. The molecule has 6 heteroatoms. The molecule has 1 aliphatic heterocycles. The van der Waals surface area contributed by atoms with Crippen LogP contribution < -0.4 is 5.32 Å². The standard InChI is InChI=1S/C12H23NO5/c1-11(2,3)18-10(14)13-9-7-17-6-5-12(9,15)8-16-4/h9,15H,5-8H2,1-4H3,(H,13,14). The molecular weight excluding hydrogens is 238 g/mol. The first-order valence-electron chi connectivity index (χ1n) is 6.05. The largest absolute Gasteiger partial charge is 0.444 e. The van der Waals surface area contributed by atoms with Crippen LogP contribution in [0.5, 0.6) is 0 Å². The lowest BCUT2D eigenvalue weighted by atomic mass is 9.90. The molecule has 18 heavy (non-hydrogen) atoms. The maximum atomic E-state index is 11.7. The molecule has 1 rings (SSSR count). The lowest BCUT2D eigenvalue weighted by molar-refractivity contribution is -0.122. The van der Waals surface area contributed by atoms with Crippen molar-refractivity contribution in [3.63, 3.8) is 0 Å². The minimum Gasteiger partial charge on any atom is -0.444 e. The summed E-state index contributed by atoms with van der Waals surface area (Å²) in [6.07, 6.45) is -0.145. The number of methoxy groups -OCH3 is 1. The van der Waals surface area contributed by atoms with Gasteiger partial charge in [-0.15, -0.1) is 0 Å². The van der Waals surface area contributed by atoms with Gasteiger partial charge in [0.25, 0.3) is 0 Å². The molecule has 0 saturated carbocycles. The summed E-state index contributed by atoms with van der Waals surface area (Å²) in [5.41, 5.74) is -1.68. The Labute approximate surface area is 108 Å². The van der Waals surface area contributed by atoms with Gasteiger partial charge in [-0.1, -0.05) is 0 Å². The molecule has 0 aromatic carbocycles. The summed E-state index contributed by atoms with van der Waals surface area (Å²) >= 11 is 0. The van der Waals surface area contributed by atoms with E-state index in [0.717, 1.165) is 0 Å². The van der Waals surface area contributed by atoms with Gasteiger partial charge in [-0.3, -0.25) is 0 Å². The third-order valence-electron chi connectivity index (χ3n) is 2.70. The fourth-order valence-corrected chi connectivity index (χ4v) is 1.83. The van der Waals surface area contributed by atoms with E-state index in [1.54, 1.807) is 20.8 Å². The van der Waals surface area contributed by atoms with Gasteiger partial charge in [0.1, 0.15) is 11.2 Å². The highest BCUT2D eigenvalue weighted by Gasteiger charge is 2.41. The van der Waals surface area contributed by atoms with Crippen molar-refractivity contribution in [2.45, 2.75) is 44.4 Å². The maximum Gasteiger partial charge on any atom is 0.408 e. The van der Waals surface area contributed by atoms with E-state index in [0.29, 0.717) is 13.0 Å². The van der Waals surface area contributed by atoms with Crippen molar-refractivity contribution in [1.29, 1.82) is 0 Å². The molecule has 0 aromatic rings. The number of carbonyl (C=O) groups is 1. The van der Waals surface area contributed by atoms with Crippen LogP contribution in [0.25, 0.3) is 0 Å². The molecule has 1 heterocycles. The van der Waals surface area contributed by atoms with Gasteiger partial charge in [0.15, 0.2) is 0 Å². The first-order valence-corrected chi connectivity index (χ1v) is 6.05. The third kappa shape index (κ3) is 4.44. The molecule has 0 radical (unpaired) electrons. The van der Waals surface area contributed by atoms with Crippen molar-refractivity contribution in [2.24, 2.45) is 0 Å². The van der Waals surface area contributed by atoms with Gasteiger partial charge in [-0.05, 0) is 20.8 Å². The topological polar surface area (TPSA) is 77.0 Å². The van der Waals surface area contributed by atoms with Crippen LogP contribution in [-0.2, 0) is 14.2 Å². The lowest BCUT2D eigenvalue weighted by Crippen LogP contribution is -2.60. The number of aliphatic hydroxyl groups is 1. The van der Waals surface area contributed by atoms with Crippen LogP contribution in [0, 0.1) is 0 Å². The number of hydrogen-bond donors (Lipinski definition) is 2. The first-order chi connectivity index (χ1) is 8.27. The minimum absolute atomic E-state index is 0.150. The Bertz CT molecular complexity index is 285. The molecular formula is C12H23NO5. The molecule has 0 bridgehead atoms. The van der Waals surface area contributed by atoms with E-state index in [2.05, 4.69) is 5.32 Å². The van der Waals surface area contributed by atoms with Crippen LogP contribution >= 0.6 is 0 Å². The normalized spacial score (nSPS) is 28.8. The van der Waals surface area contributed by atoms with Crippen LogP contribution in [0.1, 0.15) is 27.2 Å². The van der Waals surface area contributed by atoms with Crippen molar-refractivity contribution in [3.05, 3.63) is 0 Å². The van der Waals surface area contributed by atoms with Crippen molar-refractivity contribution in [2.75, 3.05) is 26.9 Å². The Morgan fingerprint density at radius 1 is 1.56 bits per heavy atom. The fraction of sp³-hybridized carbons (Fsp3) is 0.917. The molecule has 106 valence electrons. The number of ether oxygens (including phenoxy) is 3. The van der Waals surface area contributed by atoms with Gasteiger partial charge in [0.2, 0.25) is 0 Å². The molecule has 1 aliphatic rings. The summed E-state index contributed by atoms with van der Waals surface area (Å²) in [4.78, 5) is 11.7. The Morgan fingerprint density at radius 3 is 2.78 bits per heavy atom. The summed E-state index contributed by atoms with van der Waals surface area (Å²) in [7, 11) is 1.51. The number of nitrogens with one attached hydrogen (secondary N) is 1. The molecule has 0 aromatic heterocycles. The van der Waals surface area contributed by atoms with Gasteiger partial charge < -0.3 is 24.6 Å². The van der Waals surface area contributed by atoms with Crippen LogP contribution in [0.4, 0.5) is 4.79 Å². The van der Waals surface area contributed by atoms with Crippen LogP contribution in [0.15, 0.2) is 0 Å². The Morgan fingerprint density at radius 2 is 2.22 bits per heavy atom. The highest BCUT2D eigenvalue weighted by molar-refractivity contribution is 5.68. The third-order valence-corrected chi connectivity index (χ3v) is 2.70. The number of rotatable bonds is 3. The molecule has 0 spiro atoms. The number of alkyl carbamates (subject to hydrolysis) is 1. The van der Waals surface area contributed by atoms with Crippen LogP contribution in [0.3, 0.4) is 0 Å². The van der Waals surface area contributed by atoms with Gasteiger partial charge in [0.05, 0.1) is 19.3 Å². The van der Waals surface area contributed by atoms with Gasteiger partial charge in [-0.2, -0.15) is 0 Å². The average Bonchev–Trinajstić information content (AvgIpc) is 2.19. The van der Waals surface area contributed by atoms with E-state index in [4.69, 9.17) is 14.2 Å². The zero-order valence-corrected chi connectivity index (χ0v) is 11.5. The van der Waals surface area contributed by atoms with Gasteiger partial charge >= 0.3 is 6.09 Å². The second-order valence-corrected chi connectivity index (χ2v) is 5.56. The fourth-order valence-electron chi connectivity index (χ4n) is 1.83.